The summed E-state index contributed by atoms with van der Waals surface area (Å²) in [5.74, 6) is 0.863. The number of furan rings is 1. The van der Waals surface area contributed by atoms with Gasteiger partial charge in [0.25, 0.3) is 0 Å². The lowest BCUT2D eigenvalue weighted by Crippen LogP contribution is -1.99. The van der Waals surface area contributed by atoms with Crippen LogP contribution in [-0.2, 0) is 9.53 Å². The SMILES string of the molecule is C=CCOC(=O)/C=C/c1ccc(-c2ccc(Br)cc2Br)o1. The Hall–Kier alpha value is -1.59. The highest BCUT2D eigenvalue weighted by Crippen LogP contribution is 2.32. The van der Waals surface area contributed by atoms with Crippen LogP contribution in [-0.4, -0.2) is 12.6 Å². The minimum Gasteiger partial charge on any atom is -0.458 e. The molecule has 0 aliphatic carbocycles. The van der Waals surface area contributed by atoms with Gasteiger partial charge in [0.1, 0.15) is 18.1 Å². The maximum absolute atomic E-state index is 11.3. The zero-order valence-corrected chi connectivity index (χ0v) is 14.2. The fourth-order valence-corrected chi connectivity index (χ4v) is 2.86. The van der Waals surface area contributed by atoms with E-state index >= 15 is 0 Å². The number of carbonyl (C=O) groups excluding carboxylic acids is 1. The molecule has 1 aromatic heterocycles. The minimum atomic E-state index is -0.433. The van der Waals surface area contributed by atoms with Gasteiger partial charge in [0, 0.05) is 20.6 Å². The molecule has 1 aromatic carbocycles. The lowest BCUT2D eigenvalue weighted by atomic mass is 10.2. The first-order chi connectivity index (χ1) is 10.1. The Morgan fingerprint density at radius 3 is 2.81 bits per heavy atom. The highest BCUT2D eigenvalue weighted by atomic mass is 79.9. The van der Waals surface area contributed by atoms with Crippen molar-refractivity contribution < 1.29 is 13.9 Å². The topological polar surface area (TPSA) is 39.4 Å². The van der Waals surface area contributed by atoms with Gasteiger partial charge in [0.05, 0.1) is 0 Å². The molecule has 3 nitrogen and oxygen atoms in total. The van der Waals surface area contributed by atoms with Gasteiger partial charge in [0.2, 0.25) is 0 Å². The summed E-state index contributed by atoms with van der Waals surface area (Å²) >= 11 is 6.90. The van der Waals surface area contributed by atoms with Crippen molar-refractivity contribution in [3.8, 4) is 11.3 Å². The molecule has 0 unspecified atom stereocenters. The van der Waals surface area contributed by atoms with Gasteiger partial charge in [0.15, 0.2) is 0 Å². The fourth-order valence-electron chi connectivity index (χ4n) is 1.62. The molecular formula is C16H12Br2O3. The Labute approximate surface area is 139 Å². The molecule has 0 N–H and O–H groups in total. The van der Waals surface area contributed by atoms with E-state index in [1.165, 1.54) is 12.2 Å². The van der Waals surface area contributed by atoms with Crippen LogP contribution in [0.4, 0.5) is 0 Å². The van der Waals surface area contributed by atoms with Gasteiger partial charge < -0.3 is 9.15 Å². The van der Waals surface area contributed by atoms with Crippen molar-refractivity contribution >= 4 is 43.9 Å². The molecule has 0 aliphatic heterocycles. The molecule has 0 amide bonds. The predicted molar refractivity (Wildman–Crippen MR) is 89.7 cm³/mol. The largest absolute Gasteiger partial charge is 0.458 e. The summed E-state index contributed by atoms with van der Waals surface area (Å²) in [5, 5.41) is 0. The van der Waals surface area contributed by atoms with Crippen molar-refractivity contribution in [3.63, 3.8) is 0 Å². The predicted octanol–water partition coefficient (Wildman–Crippen LogP) is 5.21. The number of ether oxygens (including phenoxy) is 1. The highest BCUT2D eigenvalue weighted by Gasteiger charge is 2.08. The molecule has 2 aromatic rings. The maximum Gasteiger partial charge on any atom is 0.331 e. The van der Waals surface area contributed by atoms with E-state index in [9.17, 15) is 4.79 Å². The normalized spacial score (nSPS) is 10.8. The molecule has 21 heavy (non-hydrogen) atoms. The zero-order valence-electron chi connectivity index (χ0n) is 11.0. The molecule has 108 valence electrons. The van der Waals surface area contributed by atoms with Crippen molar-refractivity contribution in [2.45, 2.75) is 0 Å². The number of halogens is 2. The molecule has 1 heterocycles. The van der Waals surface area contributed by atoms with E-state index in [4.69, 9.17) is 9.15 Å². The number of hydrogen-bond acceptors (Lipinski definition) is 3. The second kappa shape index (κ2) is 7.43. The first-order valence-electron chi connectivity index (χ1n) is 6.11. The van der Waals surface area contributed by atoms with E-state index in [2.05, 4.69) is 38.4 Å². The van der Waals surface area contributed by atoms with E-state index in [0.29, 0.717) is 11.5 Å². The van der Waals surface area contributed by atoms with Crippen molar-refractivity contribution in [1.82, 2.24) is 0 Å². The van der Waals surface area contributed by atoms with Gasteiger partial charge in [-0.15, -0.1) is 0 Å². The van der Waals surface area contributed by atoms with Crippen molar-refractivity contribution in [3.05, 3.63) is 63.8 Å². The second-order valence-electron chi connectivity index (χ2n) is 4.08. The molecule has 2 rings (SSSR count). The summed E-state index contributed by atoms with van der Waals surface area (Å²) in [6.07, 6.45) is 4.41. The Kier molecular flexibility index (Phi) is 5.59. The summed E-state index contributed by atoms with van der Waals surface area (Å²) in [5.41, 5.74) is 0.937. The van der Waals surface area contributed by atoms with Gasteiger partial charge in [-0.05, 0) is 52.3 Å². The van der Waals surface area contributed by atoms with Crippen molar-refractivity contribution in [2.24, 2.45) is 0 Å². The minimum absolute atomic E-state index is 0.193. The van der Waals surface area contributed by atoms with E-state index in [1.807, 2.05) is 24.3 Å². The van der Waals surface area contributed by atoms with Gasteiger partial charge in [-0.25, -0.2) is 4.79 Å². The Balaban J connectivity index is 2.12. The van der Waals surface area contributed by atoms with Crippen LogP contribution in [0.3, 0.4) is 0 Å². The van der Waals surface area contributed by atoms with Gasteiger partial charge in [-0.1, -0.05) is 28.6 Å². The molecule has 0 radical (unpaired) electrons. The Morgan fingerprint density at radius 2 is 2.10 bits per heavy atom. The van der Waals surface area contributed by atoms with E-state index in [0.717, 1.165) is 14.5 Å². The maximum atomic E-state index is 11.3. The molecule has 0 saturated carbocycles. The van der Waals surface area contributed by atoms with E-state index < -0.39 is 5.97 Å². The Bertz CT molecular complexity index is 687. The number of rotatable bonds is 5. The van der Waals surface area contributed by atoms with Crippen LogP contribution in [0.1, 0.15) is 5.76 Å². The van der Waals surface area contributed by atoms with Crippen LogP contribution in [0.25, 0.3) is 17.4 Å². The fraction of sp³-hybridized carbons (Fsp3) is 0.0625. The third-order valence-electron chi connectivity index (χ3n) is 2.55. The summed E-state index contributed by atoms with van der Waals surface area (Å²) in [6.45, 7) is 3.67. The lowest BCUT2D eigenvalue weighted by Gasteiger charge is -2.01. The molecule has 0 aliphatic rings. The number of hydrogen-bond donors (Lipinski definition) is 0. The molecule has 0 atom stereocenters. The highest BCUT2D eigenvalue weighted by molar-refractivity contribution is 9.11. The van der Waals surface area contributed by atoms with Crippen LogP contribution in [0.2, 0.25) is 0 Å². The molecule has 0 fully saturated rings. The lowest BCUT2D eigenvalue weighted by molar-refractivity contribution is -0.136. The summed E-state index contributed by atoms with van der Waals surface area (Å²) in [6, 6.07) is 9.47. The average Bonchev–Trinajstić information content (AvgIpc) is 2.91. The van der Waals surface area contributed by atoms with Crippen LogP contribution >= 0.6 is 31.9 Å². The summed E-state index contributed by atoms with van der Waals surface area (Å²) in [7, 11) is 0. The first kappa shape index (κ1) is 15.8. The standard InChI is InChI=1S/C16H12Br2O3/c1-2-9-20-16(19)8-5-12-4-7-15(21-12)13-6-3-11(17)10-14(13)18/h2-8,10H,1,9H2/b8-5+. The van der Waals surface area contributed by atoms with Crippen molar-refractivity contribution in [1.29, 1.82) is 0 Å². The molecule has 5 heteroatoms. The molecule has 0 spiro atoms. The van der Waals surface area contributed by atoms with Gasteiger partial charge in [-0.2, -0.15) is 0 Å². The van der Waals surface area contributed by atoms with Crippen molar-refractivity contribution in [2.75, 3.05) is 6.61 Å². The second-order valence-corrected chi connectivity index (χ2v) is 5.85. The number of carbonyl (C=O) groups is 1. The monoisotopic (exact) mass is 410 g/mol. The van der Waals surface area contributed by atoms with E-state index in [1.54, 1.807) is 12.1 Å². The molecular weight excluding hydrogens is 400 g/mol. The van der Waals surface area contributed by atoms with Gasteiger partial charge >= 0.3 is 5.97 Å². The average molecular weight is 412 g/mol. The van der Waals surface area contributed by atoms with Crippen LogP contribution in [0, 0.1) is 0 Å². The quantitative estimate of drug-likeness (QED) is 0.385. The summed E-state index contributed by atoms with van der Waals surface area (Å²) < 4.78 is 12.4. The Morgan fingerprint density at radius 1 is 1.29 bits per heavy atom. The van der Waals surface area contributed by atoms with Crippen LogP contribution in [0.15, 0.2) is 62.4 Å². The van der Waals surface area contributed by atoms with Crippen LogP contribution < -0.4 is 0 Å². The smallest absolute Gasteiger partial charge is 0.331 e. The third-order valence-corrected chi connectivity index (χ3v) is 3.70. The van der Waals surface area contributed by atoms with E-state index in [-0.39, 0.29) is 6.61 Å². The third kappa shape index (κ3) is 4.44. The number of esters is 1. The zero-order chi connectivity index (χ0) is 15.2. The first-order valence-corrected chi connectivity index (χ1v) is 7.70. The summed E-state index contributed by atoms with van der Waals surface area (Å²) in [4.78, 5) is 11.3. The number of benzene rings is 1. The molecule has 0 saturated heterocycles. The van der Waals surface area contributed by atoms with Gasteiger partial charge in [-0.3, -0.25) is 0 Å². The molecule has 0 bridgehead atoms. The van der Waals surface area contributed by atoms with Crippen LogP contribution in [0.5, 0.6) is 0 Å².